The summed E-state index contributed by atoms with van der Waals surface area (Å²) in [5.41, 5.74) is 2.94. The fraction of sp³-hybridized carbons (Fsp3) is 0.179. The summed E-state index contributed by atoms with van der Waals surface area (Å²) < 4.78 is 20.3. The summed E-state index contributed by atoms with van der Waals surface area (Å²) in [5, 5.41) is 8.79. The SMILES string of the molecule is CC(C)C(=O)Nc1ccc(NCc2c(OCc3c(F)cccc3Cl)ccc3ccccc23)cc1. The van der Waals surface area contributed by atoms with Gasteiger partial charge in [-0.25, -0.2) is 4.39 Å². The topological polar surface area (TPSA) is 50.4 Å². The van der Waals surface area contributed by atoms with E-state index in [1.807, 2.05) is 74.5 Å². The average molecular weight is 477 g/mol. The number of rotatable bonds is 8. The van der Waals surface area contributed by atoms with Crippen molar-refractivity contribution in [1.82, 2.24) is 0 Å². The quantitative estimate of drug-likeness (QED) is 0.278. The highest BCUT2D eigenvalue weighted by atomic mass is 35.5. The van der Waals surface area contributed by atoms with Crippen molar-refractivity contribution in [3.8, 4) is 5.75 Å². The molecule has 0 saturated heterocycles. The Morgan fingerprint density at radius 1 is 0.912 bits per heavy atom. The number of fused-ring (bicyclic) bond motifs is 1. The van der Waals surface area contributed by atoms with Gasteiger partial charge in [0.15, 0.2) is 0 Å². The van der Waals surface area contributed by atoms with E-state index in [1.165, 1.54) is 6.07 Å². The predicted molar refractivity (Wildman–Crippen MR) is 137 cm³/mol. The molecule has 0 fully saturated rings. The number of carbonyl (C=O) groups is 1. The van der Waals surface area contributed by atoms with Crippen LogP contribution in [0.4, 0.5) is 15.8 Å². The van der Waals surface area contributed by atoms with Crippen molar-refractivity contribution in [2.45, 2.75) is 27.0 Å². The minimum Gasteiger partial charge on any atom is -0.488 e. The molecule has 1 amide bonds. The smallest absolute Gasteiger partial charge is 0.226 e. The zero-order valence-electron chi connectivity index (χ0n) is 19.1. The maximum Gasteiger partial charge on any atom is 0.226 e. The number of nitrogens with one attached hydrogen (secondary N) is 2. The van der Waals surface area contributed by atoms with Crippen LogP contribution in [0.5, 0.6) is 5.75 Å². The Hall–Kier alpha value is -3.57. The van der Waals surface area contributed by atoms with E-state index in [1.54, 1.807) is 12.1 Å². The molecule has 0 unspecified atom stereocenters. The van der Waals surface area contributed by atoms with Crippen LogP contribution in [0.2, 0.25) is 5.02 Å². The molecular weight excluding hydrogens is 451 g/mol. The molecule has 4 aromatic rings. The molecule has 2 N–H and O–H groups in total. The Morgan fingerprint density at radius 2 is 1.65 bits per heavy atom. The molecule has 0 aromatic heterocycles. The van der Waals surface area contributed by atoms with E-state index in [4.69, 9.17) is 16.3 Å². The first-order valence-electron chi connectivity index (χ1n) is 11.1. The molecule has 4 rings (SSSR count). The first kappa shape index (κ1) is 23.6. The molecule has 6 heteroatoms. The minimum atomic E-state index is -0.391. The number of carbonyl (C=O) groups excluding carboxylic acids is 1. The van der Waals surface area contributed by atoms with E-state index in [9.17, 15) is 9.18 Å². The first-order chi connectivity index (χ1) is 16.4. The highest BCUT2D eigenvalue weighted by Gasteiger charge is 2.13. The van der Waals surface area contributed by atoms with Crippen LogP contribution in [0.25, 0.3) is 10.8 Å². The molecular formula is C28H26ClFN2O2. The lowest BCUT2D eigenvalue weighted by atomic mass is 10.0. The van der Waals surface area contributed by atoms with Gasteiger partial charge in [-0.05, 0) is 53.2 Å². The number of anilines is 2. The molecule has 0 atom stereocenters. The van der Waals surface area contributed by atoms with Crippen LogP contribution in [0.15, 0.2) is 78.9 Å². The van der Waals surface area contributed by atoms with E-state index in [0.29, 0.717) is 22.9 Å². The summed E-state index contributed by atoms with van der Waals surface area (Å²) in [6.07, 6.45) is 0. The van der Waals surface area contributed by atoms with Gasteiger partial charge in [0.1, 0.15) is 18.2 Å². The molecule has 0 aliphatic rings. The van der Waals surface area contributed by atoms with Crippen LogP contribution >= 0.6 is 11.6 Å². The van der Waals surface area contributed by atoms with Gasteiger partial charge < -0.3 is 15.4 Å². The molecule has 0 heterocycles. The molecule has 0 bridgehead atoms. The van der Waals surface area contributed by atoms with Crippen molar-refractivity contribution < 1.29 is 13.9 Å². The van der Waals surface area contributed by atoms with Crippen LogP contribution in [0, 0.1) is 11.7 Å². The molecule has 0 radical (unpaired) electrons. The predicted octanol–water partition coefficient (Wildman–Crippen LogP) is 7.42. The summed E-state index contributed by atoms with van der Waals surface area (Å²) in [5.74, 6) is 0.166. The molecule has 4 aromatic carbocycles. The van der Waals surface area contributed by atoms with Gasteiger partial charge in [-0.1, -0.05) is 61.8 Å². The third-order valence-electron chi connectivity index (χ3n) is 5.58. The second-order valence-electron chi connectivity index (χ2n) is 8.33. The fourth-order valence-electron chi connectivity index (χ4n) is 3.60. The number of amides is 1. The zero-order chi connectivity index (χ0) is 24.1. The van der Waals surface area contributed by atoms with Crippen LogP contribution < -0.4 is 15.4 Å². The average Bonchev–Trinajstić information content (AvgIpc) is 2.83. The first-order valence-corrected chi connectivity index (χ1v) is 11.5. The molecule has 34 heavy (non-hydrogen) atoms. The van der Waals surface area contributed by atoms with Crippen LogP contribution in [0.1, 0.15) is 25.0 Å². The van der Waals surface area contributed by atoms with E-state index < -0.39 is 5.82 Å². The molecule has 4 nitrogen and oxygen atoms in total. The number of halogens is 2. The van der Waals surface area contributed by atoms with Gasteiger partial charge in [-0.15, -0.1) is 0 Å². The van der Waals surface area contributed by atoms with Crippen molar-refractivity contribution in [3.05, 3.63) is 101 Å². The van der Waals surface area contributed by atoms with Gasteiger partial charge in [0, 0.05) is 35.0 Å². The lowest BCUT2D eigenvalue weighted by Crippen LogP contribution is -2.17. The van der Waals surface area contributed by atoms with Crippen LogP contribution in [-0.4, -0.2) is 5.91 Å². The molecule has 0 aliphatic heterocycles. The van der Waals surface area contributed by atoms with Crippen molar-refractivity contribution in [2.24, 2.45) is 5.92 Å². The summed E-state index contributed by atoms with van der Waals surface area (Å²) in [6, 6.07) is 24.1. The van der Waals surface area contributed by atoms with Gasteiger partial charge in [-0.3, -0.25) is 4.79 Å². The molecule has 174 valence electrons. The lowest BCUT2D eigenvalue weighted by Gasteiger charge is -2.17. The summed E-state index contributed by atoms with van der Waals surface area (Å²) >= 11 is 6.17. The van der Waals surface area contributed by atoms with Crippen molar-refractivity contribution >= 4 is 39.7 Å². The Labute approximate surface area is 203 Å². The standard InChI is InChI=1S/C28H26ClFN2O2/c1-18(2)28(33)32-21-13-11-20(12-14-21)31-16-23-22-7-4-3-6-19(22)10-15-27(23)34-17-24-25(29)8-5-9-26(24)30/h3-15,18,31H,16-17H2,1-2H3,(H,32,33). The molecule has 0 saturated carbocycles. The van der Waals surface area contributed by atoms with Crippen LogP contribution in [0.3, 0.4) is 0 Å². The second kappa shape index (κ2) is 10.6. The summed E-state index contributed by atoms with van der Waals surface area (Å²) in [4.78, 5) is 11.9. The third-order valence-corrected chi connectivity index (χ3v) is 5.93. The van der Waals surface area contributed by atoms with Gasteiger partial charge in [0.2, 0.25) is 5.91 Å². The Morgan fingerprint density at radius 3 is 2.38 bits per heavy atom. The summed E-state index contributed by atoms with van der Waals surface area (Å²) in [6.45, 7) is 4.24. The van der Waals surface area contributed by atoms with E-state index in [0.717, 1.165) is 27.7 Å². The van der Waals surface area contributed by atoms with Crippen molar-refractivity contribution in [1.29, 1.82) is 0 Å². The maximum absolute atomic E-state index is 14.2. The van der Waals surface area contributed by atoms with E-state index in [2.05, 4.69) is 10.6 Å². The number of benzene rings is 4. The van der Waals surface area contributed by atoms with Gasteiger partial charge in [0.05, 0.1) is 5.02 Å². The van der Waals surface area contributed by atoms with Gasteiger partial charge in [0.25, 0.3) is 0 Å². The van der Waals surface area contributed by atoms with Crippen molar-refractivity contribution in [3.63, 3.8) is 0 Å². The normalized spacial score (nSPS) is 11.0. The van der Waals surface area contributed by atoms with E-state index >= 15 is 0 Å². The maximum atomic E-state index is 14.2. The molecule has 0 spiro atoms. The minimum absolute atomic E-state index is 0.0202. The lowest BCUT2D eigenvalue weighted by molar-refractivity contribution is -0.118. The highest BCUT2D eigenvalue weighted by Crippen LogP contribution is 2.31. The number of hydrogen-bond acceptors (Lipinski definition) is 3. The fourth-order valence-corrected chi connectivity index (χ4v) is 3.82. The monoisotopic (exact) mass is 476 g/mol. The summed E-state index contributed by atoms with van der Waals surface area (Å²) in [7, 11) is 0. The largest absolute Gasteiger partial charge is 0.488 e. The van der Waals surface area contributed by atoms with E-state index in [-0.39, 0.29) is 18.4 Å². The Kier molecular flexibility index (Phi) is 7.33. The van der Waals surface area contributed by atoms with Gasteiger partial charge >= 0.3 is 0 Å². The number of ether oxygens (including phenoxy) is 1. The third kappa shape index (κ3) is 5.49. The Bertz CT molecular complexity index is 1290. The van der Waals surface area contributed by atoms with Crippen molar-refractivity contribution in [2.75, 3.05) is 10.6 Å². The number of hydrogen-bond donors (Lipinski definition) is 2. The Balaban J connectivity index is 1.54. The second-order valence-corrected chi connectivity index (χ2v) is 8.73. The highest BCUT2D eigenvalue weighted by molar-refractivity contribution is 6.31. The van der Waals surface area contributed by atoms with Crippen LogP contribution in [-0.2, 0) is 17.9 Å². The molecule has 0 aliphatic carbocycles. The zero-order valence-corrected chi connectivity index (χ0v) is 19.8. The van der Waals surface area contributed by atoms with Gasteiger partial charge in [-0.2, -0.15) is 0 Å².